The third-order valence-electron chi connectivity index (χ3n) is 4.65. The Morgan fingerprint density at radius 2 is 1.83 bits per heavy atom. The Morgan fingerprint density at radius 3 is 2.56 bits per heavy atom. The molecule has 18 heavy (non-hydrogen) atoms. The van der Waals surface area contributed by atoms with Crippen LogP contribution in [-0.4, -0.2) is 13.2 Å². The van der Waals surface area contributed by atoms with Gasteiger partial charge in [0.15, 0.2) is 0 Å². The van der Waals surface area contributed by atoms with Gasteiger partial charge in [-0.1, -0.05) is 37.1 Å². The SMILES string of the molecule is NC1(c2cccc(C3CCOCC3)c2)CCCC1. The fourth-order valence-electron chi connectivity index (χ4n) is 3.43. The highest BCUT2D eigenvalue weighted by Gasteiger charge is 2.31. The van der Waals surface area contributed by atoms with Crippen molar-refractivity contribution in [3.63, 3.8) is 0 Å². The second-order valence-electron chi connectivity index (χ2n) is 5.88. The molecule has 98 valence electrons. The van der Waals surface area contributed by atoms with E-state index in [1.54, 1.807) is 0 Å². The average Bonchev–Trinajstić information content (AvgIpc) is 2.88. The van der Waals surface area contributed by atoms with Gasteiger partial charge in [-0.15, -0.1) is 0 Å². The van der Waals surface area contributed by atoms with Crippen LogP contribution in [0.15, 0.2) is 24.3 Å². The molecule has 2 nitrogen and oxygen atoms in total. The van der Waals surface area contributed by atoms with Crippen LogP contribution in [0.3, 0.4) is 0 Å². The van der Waals surface area contributed by atoms with Crippen molar-refractivity contribution >= 4 is 0 Å². The summed E-state index contributed by atoms with van der Waals surface area (Å²) in [6.07, 6.45) is 7.15. The highest BCUT2D eigenvalue weighted by molar-refractivity contribution is 5.32. The number of hydrogen-bond acceptors (Lipinski definition) is 2. The van der Waals surface area contributed by atoms with E-state index in [4.69, 9.17) is 10.5 Å². The van der Waals surface area contributed by atoms with Crippen LogP contribution in [0.5, 0.6) is 0 Å². The zero-order valence-electron chi connectivity index (χ0n) is 11.0. The maximum Gasteiger partial charge on any atom is 0.0471 e. The summed E-state index contributed by atoms with van der Waals surface area (Å²) in [7, 11) is 0. The number of nitrogens with two attached hydrogens (primary N) is 1. The van der Waals surface area contributed by atoms with Crippen LogP contribution < -0.4 is 5.73 Å². The average molecular weight is 245 g/mol. The van der Waals surface area contributed by atoms with E-state index < -0.39 is 0 Å². The van der Waals surface area contributed by atoms with Gasteiger partial charge in [-0.25, -0.2) is 0 Å². The van der Waals surface area contributed by atoms with E-state index in [-0.39, 0.29) is 5.54 Å². The first-order valence-electron chi connectivity index (χ1n) is 7.25. The van der Waals surface area contributed by atoms with Crippen LogP contribution in [0.1, 0.15) is 55.6 Å². The summed E-state index contributed by atoms with van der Waals surface area (Å²) in [6.45, 7) is 1.81. The summed E-state index contributed by atoms with van der Waals surface area (Å²) in [6, 6.07) is 9.03. The standard InChI is InChI=1S/C16H23NO/c17-16(8-1-2-9-16)15-5-3-4-14(12-15)13-6-10-18-11-7-13/h3-5,12-13H,1-2,6-11,17H2. The van der Waals surface area contributed by atoms with Crippen molar-refractivity contribution in [1.82, 2.24) is 0 Å². The summed E-state index contributed by atoms with van der Waals surface area (Å²) in [5.41, 5.74) is 9.32. The zero-order chi connectivity index (χ0) is 12.4. The molecule has 1 aromatic carbocycles. The maximum atomic E-state index is 6.55. The van der Waals surface area contributed by atoms with Crippen LogP contribution in [-0.2, 0) is 10.3 Å². The molecular weight excluding hydrogens is 222 g/mol. The Labute approximate surface area is 110 Å². The number of hydrogen-bond donors (Lipinski definition) is 1. The molecule has 0 aromatic heterocycles. The lowest BCUT2D eigenvalue weighted by Crippen LogP contribution is -2.33. The molecule has 1 saturated heterocycles. The van der Waals surface area contributed by atoms with Gasteiger partial charge >= 0.3 is 0 Å². The summed E-state index contributed by atoms with van der Waals surface area (Å²) in [5.74, 6) is 0.670. The van der Waals surface area contributed by atoms with Gasteiger partial charge in [0, 0.05) is 18.8 Å². The molecule has 0 radical (unpaired) electrons. The van der Waals surface area contributed by atoms with Crippen LogP contribution >= 0.6 is 0 Å². The largest absolute Gasteiger partial charge is 0.381 e. The van der Waals surface area contributed by atoms with Gasteiger partial charge in [0.05, 0.1) is 0 Å². The predicted molar refractivity (Wildman–Crippen MR) is 73.6 cm³/mol. The molecule has 0 amide bonds. The van der Waals surface area contributed by atoms with Gasteiger partial charge in [0.25, 0.3) is 0 Å². The Bertz CT molecular complexity index is 403. The summed E-state index contributed by atoms with van der Waals surface area (Å²) < 4.78 is 5.45. The Kier molecular flexibility index (Phi) is 3.40. The summed E-state index contributed by atoms with van der Waals surface area (Å²) in [4.78, 5) is 0. The van der Waals surface area contributed by atoms with Crippen molar-refractivity contribution in [2.45, 2.75) is 50.0 Å². The molecule has 0 unspecified atom stereocenters. The van der Waals surface area contributed by atoms with Crippen molar-refractivity contribution in [3.05, 3.63) is 35.4 Å². The first kappa shape index (κ1) is 12.2. The number of ether oxygens (including phenoxy) is 1. The molecular formula is C16H23NO. The maximum absolute atomic E-state index is 6.55. The van der Waals surface area contributed by atoms with E-state index in [1.807, 2.05) is 0 Å². The fourth-order valence-corrected chi connectivity index (χ4v) is 3.43. The molecule has 2 heteroatoms. The first-order chi connectivity index (χ1) is 8.78. The molecule has 1 aromatic rings. The highest BCUT2D eigenvalue weighted by Crippen LogP contribution is 2.38. The lowest BCUT2D eigenvalue weighted by molar-refractivity contribution is 0.0853. The van der Waals surface area contributed by atoms with Crippen molar-refractivity contribution in [2.75, 3.05) is 13.2 Å². The molecule has 1 aliphatic heterocycles. The number of benzene rings is 1. The van der Waals surface area contributed by atoms with E-state index in [9.17, 15) is 0 Å². The van der Waals surface area contributed by atoms with Crippen LogP contribution in [0, 0.1) is 0 Å². The monoisotopic (exact) mass is 245 g/mol. The third kappa shape index (κ3) is 2.32. The third-order valence-corrected chi connectivity index (χ3v) is 4.65. The van der Waals surface area contributed by atoms with E-state index in [0.717, 1.165) is 38.9 Å². The fraction of sp³-hybridized carbons (Fsp3) is 0.625. The molecule has 0 spiro atoms. The van der Waals surface area contributed by atoms with Gasteiger partial charge < -0.3 is 10.5 Å². The molecule has 1 saturated carbocycles. The van der Waals surface area contributed by atoms with Crippen molar-refractivity contribution in [3.8, 4) is 0 Å². The second-order valence-corrected chi connectivity index (χ2v) is 5.88. The molecule has 3 rings (SSSR count). The minimum atomic E-state index is -0.0544. The molecule has 2 N–H and O–H groups in total. The zero-order valence-corrected chi connectivity index (χ0v) is 11.0. The van der Waals surface area contributed by atoms with Crippen molar-refractivity contribution < 1.29 is 4.74 Å². The van der Waals surface area contributed by atoms with Gasteiger partial charge in [-0.2, -0.15) is 0 Å². The summed E-state index contributed by atoms with van der Waals surface area (Å²) >= 11 is 0. The molecule has 1 aliphatic carbocycles. The Morgan fingerprint density at radius 1 is 1.11 bits per heavy atom. The Balaban J connectivity index is 1.84. The lowest BCUT2D eigenvalue weighted by Gasteiger charge is -2.27. The number of rotatable bonds is 2. The highest BCUT2D eigenvalue weighted by atomic mass is 16.5. The smallest absolute Gasteiger partial charge is 0.0471 e. The van der Waals surface area contributed by atoms with Gasteiger partial charge in [-0.3, -0.25) is 0 Å². The second kappa shape index (κ2) is 5.02. The van der Waals surface area contributed by atoms with E-state index in [1.165, 1.54) is 24.0 Å². The van der Waals surface area contributed by atoms with Gasteiger partial charge in [0.1, 0.15) is 0 Å². The predicted octanol–water partition coefficient (Wildman–Crippen LogP) is 3.31. The topological polar surface area (TPSA) is 35.2 Å². The quantitative estimate of drug-likeness (QED) is 0.867. The molecule has 0 atom stereocenters. The molecule has 1 heterocycles. The molecule has 0 bridgehead atoms. The normalized spacial score (nSPS) is 24.3. The van der Waals surface area contributed by atoms with Crippen LogP contribution in [0.2, 0.25) is 0 Å². The minimum Gasteiger partial charge on any atom is -0.381 e. The molecule has 2 aliphatic rings. The minimum absolute atomic E-state index is 0.0544. The summed E-state index contributed by atoms with van der Waals surface area (Å²) in [5, 5.41) is 0. The van der Waals surface area contributed by atoms with Crippen LogP contribution in [0.4, 0.5) is 0 Å². The first-order valence-corrected chi connectivity index (χ1v) is 7.25. The van der Waals surface area contributed by atoms with Crippen molar-refractivity contribution in [2.24, 2.45) is 5.73 Å². The lowest BCUT2D eigenvalue weighted by atomic mass is 9.84. The van der Waals surface area contributed by atoms with Gasteiger partial charge in [-0.05, 0) is 42.7 Å². The van der Waals surface area contributed by atoms with Gasteiger partial charge in [0.2, 0.25) is 0 Å². The Hall–Kier alpha value is -0.860. The van der Waals surface area contributed by atoms with E-state index in [2.05, 4.69) is 24.3 Å². The van der Waals surface area contributed by atoms with Crippen molar-refractivity contribution in [1.29, 1.82) is 0 Å². The van der Waals surface area contributed by atoms with E-state index >= 15 is 0 Å². The van der Waals surface area contributed by atoms with Crippen LogP contribution in [0.25, 0.3) is 0 Å². The molecule has 2 fully saturated rings. The van der Waals surface area contributed by atoms with E-state index in [0.29, 0.717) is 5.92 Å².